The van der Waals surface area contributed by atoms with E-state index in [0.717, 1.165) is 38.0 Å². The van der Waals surface area contributed by atoms with Crippen molar-refractivity contribution in [2.24, 2.45) is 5.92 Å². The molecule has 1 fully saturated rings. The highest BCUT2D eigenvalue weighted by atomic mass is 16.2. The number of carbonyl (C=O) groups is 1. The van der Waals surface area contributed by atoms with Crippen molar-refractivity contribution in [3.05, 3.63) is 64.1 Å². The van der Waals surface area contributed by atoms with Crippen molar-refractivity contribution < 1.29 is 4.79 Å². The molecule has 3 rings (SSSR count). The molecule has 2 aromatic rings. The molecule has 1 aliphatic heterocycles. The molecule has 132 valence electrons. The average molecular weight is 339 g/mol. The van der Waals surface area contributed by atoms with Gasteiger partial charge in [0, 0.05) is 19.2 Å². The summed E-state index contributed by atoms with van der Waals surface area (Å²) in [6, 6.07) is 13.6. The van der Waals surface area contributed by atoms with Gasteiger partial charge in [0.15, 0.2) is 0 Å². The van der Waals surface area contributed by atoms with Crippen LogP contribution in [0.5, 0.6) is 0 Å². The fourth-order valence-electron chi connectivity index (χ4n) is 3.44. The Morgan fingerprint density at radius 2 is 2.00 bits per heavy atom. The molecule has 5 nitrogen and oxygen atoms in total. The predicted molar refractivity (Wildman–Crippen MR) is 97.3 cm³/mol. The van der Waals surface area contributed by atoms with Crippen LogP contribution in [0.4, 0.5) is 0 Å². The van der Waals surface area contributed by atoms with Gasteiger partial charge in [0.2, 0.25) is 5.91 Å². The highest BCUT2D eigenvalue weighted by molar-refractivity contribution is 5.76. The number of rotatable bonds is 5. The number of hydrogen-bond acceptors (Lipinski definition) is 3. The Morgan fingerprint density at radius 1 is 1.20 bits per heavy atom. The van der Waals surface area contributed by atoms with E-state index in [4.69, 9.17) is 0 Å². The van der Waals surface area contributed by atoms with E-state index in [1.54, 1.807) is 6.07 Å². The van der Waals surface area contributed by atoms with Gasteiger partial charge in [0.25, 0.3) is 5.56 Å². The summed E-state index contributed by atoms with van der Waals surface area (Å²) in [4.78, 5) is 26.3. The third-order valence-electron chi connectivity index (χ3n) is 4.84. The fraction of sp³-hybridized carbons (Fsp3) is 0.450. The molecule has 25 heavy (non-hydrogen) atoms. The van der Waals surface area contributed by atoms with E-state index in [9.17, 15) is 9.59 Å². The van der Waals surface area contributed by atoms with Crippen molar-refractivity contribution in [1.29, 1.82) is 0 Å². The Balaban J connectivity index is 1.56. The van der Waals surface area contributed by atoms with Gasteiger partial charge in [0.1, 0.15) is 6.54 Å². The zero-order chi connectivity index (χ0) is 17.6. The maximum atomic E-state index is 12.6. The molecule has 0 radical (unpaired) electrons. The zero-order valence-corrected chi connectivity index (χ0v) is 14.7. The van der Waals surface area contributed by atoms with E-state index in [-0.39, 0.29) is 18.0 Å². The summed E-state index contributed by atoms with van der Waals surface area (Å²) in [5.74, 6) is 0.518. The van der Waals surface area contributed by atoms with Crippen molar-refractivity contribution in [2.45, 2.75) is 39.2 Å². The van der Waals surface area contributed by atoms with E-state index >= 15 is 0 Å². The number of benzene rings is 1. The Morgan fingerprint density at radius 3 is 2.80 bits per heavy atom. The summed E-state index contributed by atoms with van der Waals surface area (Å²) in [5, 5.41) is 4.16. The van der Waals surface area contributed by atoms with Crippen LogP contribution in [0.25, 0.3) is 0 Å². The van der Waals surface area contributed by atoms with Crippen LogP contribution in [0, 0.1) is 12.8 Å². The molecular formula is C20H25N3O2. The van der Waals surface area contributed by atoms with Crippen LogP contribution in [0.1, 0.15) is 30.5 Å². The van der Waals surface area contributed by atoms with Gasteiger partial charge in [-0.05, 0) is 50.2 Å². The smallest absolute Gasteiger partial charge is 0.267 e. The standard InChI is InChI=1S/C20H25N3O2/c1-16-9-12-19(24)23(21-16)15-20(25)22-13-5-8-18(14-22)11-10-17-6-3-2-4-7-17/h2-4,6-7,9,12,18H,5,8,10-11,13-15H2,1H3/t18-/m1/s1. The molecule has 1 aromatic heterocycles. The molecule has 0 aliphatic carbocycles. The molecule has 0 bridgehead atoms. The van der Waals surface area contributed by atoms with Gasteiger partial charge in [-0.1, -0.05) is 30.3 Å². The van der Waals surface area contributed by atoms with E-state index < -0.39 is 0 Å². The van der Waals surface area contributed by atoms with E-state index in [2.05, 4.69) is 29.4 Å². The minimum absolute atomic E-state index is 0.00962. The maximum Gasteiger partial charge on any atom is 0.267 e. The van der Waals surface area contributed by atoms with Crippen LogP contribution < -0.4 is 5.56 Å². The highest BCUT2D eigenvalue weighted by Crippen LogP contribution is 2.21. The maximum absolute atomic E-state index is 12.6. The lowest BCUT2D eigenvalue weighted by Gasteiger charge is -2.33. The van der Waals surface area contributed by atoms with E-state index in [1.165, 1.54) is 22.7 Å². The minimum atomic E-state index is -0.225. The van der Waals surface area contributed by atoms with Crippen molar-refractivity contribution in [3.8, 4) is 0 Å². The number of aryl methyl sites for hydroxylation is 2. The monoisotopic (exact) mass is 339 g/mol. The quantitative estimate of drug-likeness (QED) is 0.841. The van der Waals surface area contributed by atoms with E-state index in [1.807, 2.05) is 17.9 Å². The first-order valence-electron chi connectivity index (χ1n) is 8.98. The van der Waals surface area contributed by atoms with Gasteiger partial charge >= 0.3 is 0 Å². The Kier molecular flexibility index (Phi) is 5.64. The summed E-state index contributed by atoms with van der Waals surface area (Å²) in [7, 11) is 0. The SMILES string of the molecule is Cc1ccc(=O)n(CC(=O)N2CCC[C@H](CCc3ccccc3)C2)n1. The summed E-state index contributed by atoms with van der Waals surface area (Å²) >= 11 is 0. The molecule has 5 heteroatoms. The Labute approximate surface area is 148 Å². The van der Waals surface area contributed by atoms with Gasteiger partial charge in [-0.15, -0.1) is 0 Å². The molecule has 0 N–H and O–H groups in total. The van der Waals surface area contributed by atoms with Gasteiger partial charge in [0.05, 0.1) is 5.69 Å². The highest BCUT2D eigenvalue weighted by Gasteiger charge is 2.24. The van der Waals surface area contributed by atoms with Crippen LogP contribution >= 0.6 is 0 Å². The molecule has 1 aliphatic rings. The number of piperidine rings is 1. The lowest BCUT2D eigenvalue weighted by molar-refractivity contribution is -0.134. The number of aromatic nitrogens is 2. The van der Waals surface area contributed by atoms with Crippen molar-refractivity contribution in [2.75, 3.05) is 13.1 Å². The predicted octanol–water partition coefficient (Wildman–Crippen LogP) is 2.42. The molecule has 1 aromatic carbocycles. The molecule has 0 unspecified atom stereocenters. The van der Waals surface area contributed by atoms with Crippen LogP contribution in [0.3, 0.4) is 0 Å². The second kappa shape index (κ2) is 8.10. The summed E-state index contributed by atoms with van der Waals surface area (Å²) in [6.45, 7) is 3.42. The van der Waals surface area contributed by atoms with Crippen molar-refractivity contribution in [1.82, 2.24) is 14.7 Å². The third kappa shape index (κ3) is 4.78. The number of likely N-dealkylation sites (tertiary alicyclic amines) is 1. The molecular weight excluding hydrogens is 314 g/mol. The molecule has 1 amide bonds. The first-order valence-corrected chi connectivity index (χ1v) is 8.98. The van der Waals surface area contributed by atoms with Gasteiger partial charge < -0.3 is 4.90 Å². The van der Waals surface area contributed by atoms with Crippen LogP contribution in [0.15, 0.2) is 47.3 Å². The van der Waals surface area contributed by atoms with Gasteiger partial charge in [-0.2, -0.15) is 5.10 Å². The average Bonchev–Trinajstić information content (AvgIpc) is 2.64. The second-order valence-corrected chi connectivity index (χ2v) is 6.84. The molecule has 1 saturated heterocycles. The topological polar surface area (TPSA) is 55.2 Å². The van der Waals surface area contributed by atoms with Gasteiger partial charge in [-0.25, -0.2) is 4.68 Å². The summed E-state index contributed by atoms with van der Waals surface area (Å²) < 4.78 is 1.27. The van der Waals surface area contributed by atoms with Crippen LogP contribution in [-0.4, -0.2) is 33.7 Å². The van der Waals surface area contributed by atoms with Gasteiger partial charge in [-0.3, -0.25) is 9.59 Å². The normalized spacial score (nSPS) is 17.5. The fourth-order valence-corrected chi connectivity index (χ4v) is 3.44. The Hall–Kier alpha value is -2.43. The minimum Gasteiger partial charge on any atom is -0.341 e. The number of amides is 1. The molecule has 0 spiro atoms. The molecule has 1 atom stereocenters. The first kappa shape index (κ1) is 17.4. The second-order valence-electron chi connectivity index (χ2n) is 6.84. The summed E-state index contributed by atoms with van der Waals surface area (Å²) in [5.41, 5.74) is 1.87. The lowest BCUT2D eigenvalue weighted by Crippen LogP contribution is -2.43. The van der Waals surface area contributed by atoms with Crippen molar-refractivity contribution in [3.63, 3.8) is 0 Å². The largest absolute Gasteiger partial charge is 0.341 e. The summed E-state index contributed by atoms with van der Waals surface area (Å²) in [6.07, 6.45) is 4.34. The number of carbonyl (C=O) groups excluding carboxylic acids is 1. The van der Waals surface area contributed by atoms with Crippen molar-refractivity contribution >= 4 is 5.91 Å². The third-order valence-corrected chi connectivity index (χ3v) is 4.84. The number of nitrogens with zero attached hydrogens (tertiary/aromatic N) is 3. The Bertz CT molecular complexity index is 770. The number of hydrogen-bond donors (Lipinski definition) is 0. The molecule has 0 saturated carbocycles. The molecule has 2 heterocycles. The lowest BCUT2D eigenvalue weighted by atomic mass is 9.91. The first-order chi connectivity index (χ1) is 12.1. The van der Waals surface area contributed by atoms with Crippen LogP contribution in [0.2, 0.25) is 0 Å². The van der Waals surface area contributed by atoms with E-state index in [0.29, 0.717) is 5.92 Å². The zero-order valence-electron chi connectivity index (χ0n) is 14.7. The van der Waals surface area contributed by atoms with Crippen LogP contribution in [-0.2, 0) is 17.8 Å².